The second-order valence-electron chi connectivity index (χ2n) is 16.8. The topological polar surface area (TPSA) is 193 Å². The fourth-order valence-electron chi connectivity index (χ4n) is 9.25. The number of imidazole rings is 2. The number of nitrogens with zero attached hydrogens (tertiary/aromatic N) is 4. The summed E-state index contributed by atoms with van der Waals surface area (Å²) >= 11 is 0. The molecule has 3 aliphatic heterocycles. The van der Waals surface area contributed by atoms with Gasteiger partial charge in [0.2, 0.25) is 11.8 Å². The van der Waals surface area contributed by atoms with Crippen molar-refractivity contribution in [1.29, 1.82) is 0 Å². The Bertz CT molecular complexity index is 2500. The van der Waals surface area contributed by atoms with E-state index in [0.717, 1.165) is 74.8 Å². The average Bonchev–Trinajstić information content (AvgIpc) is 4.08. The van der Waals surface area contributed by atoms with Crippen molar-refractivity contribution in [2.75, 3.05) is 21.3 Å². The van der Waals surface area contributed by atoms with Crippen molar-refractivity contribution >= 4 is 45.8 Å². The molecule has 5 aromatic rings. The summed E-state index contributed by atoms with van der Waals surface area (Å²) < 4.78 is 21.5. The van der Waals surface area contributed by atoms with Crippen LogP contribution in [0.4, 0.5) is 9.59 Å². The van der Waals surface area contributed by atoms with Crippen molar-refractivity contribution in [3.63, 3.8) is 0 Å². The first-order valence-corrected chi connectivity index (χ1v) is 21.0. The normalized spacial score (nSPS) is 21.1. The molecule has 3 aliphatic rings. The Hall–Kier alpha value is -6.16. The SMILES string of the molecule is COC(=O)N[C@H](C(=O)N1C(c2ncc(-c3ccc4c(c3)COc3cc5c(ccc6[nH]c(C7CC[C@H](C)N7C(=O)[C@@H](NC(=O)OC)[C@@H](C)OC)nc65)cc3-4)[nH]2)CC[C@@H]1C)C(C)C. The molecule has 2 aromatic heterocycles. The van der Waals surface area contributed by atoms with Crippen molar-refractivity contribution in [1.82, 2.24) is 40.4 Å². The zero-order valence-corrected chi connectivity index (χ0v) is 35.8. The highest BCUT2D eigenvalue weighted by Crippen LogP contribution is 2.44. The number of carbonyl (C=O) groups is 4. The zero-order valence-electron chi connectivity index (χ0n) is 35.8. The Morgan fingerprint density at radius 2 is 1.44 bits per heavy atom. The van der Waals surface area contributed by atoms with Gasteiger partial charge in [-0.2, -0.15) is 0 Å². The number of alkyl carbamates (subject to hydrolysis) is 2. The summed E-state index contributed by atoms with van der Waals surface area (Å²) in [7, 11) is 4.06. The van der Waals surface area contributed by atoms with E-state index < -0.39 is 30.4 Å². The molecular weight excluding hydrogens is 781 g/mol. The third-order valence-corrected chi connectivity index (χ3v) is 12.7. The van der Waals surface area contributed by atoms with E-state index in [4.69, 9.17) is 28.9 Å². The van der Waals surface area contributed by atoms with Gasteiger partial charge < -0.3 is 49.3 Å². The van der Waals surface area contributed by atoms with Crippen LogP contribution in [0.2, 0.25) is 0 Å². The molecule has 0 aliphatic carbocycles. The molecule has 2 unspecified atom stereocenters. The van der Waals surface area contributed by atoms with Crippen LogP contribution < -0.4 is 15.4 Å². The lowest BCUT2D eigenvalue weighted by molar-refractivity contribution is -0.139. The number of ether oxygens (including phenoxy) is 4. The minimum Gasteiger partial charge on any atom is -0.488 e. The number of likely N-dealkylation sites (tertiary alicyclic amines) is 2. The summed E-state index contributed by atoms with van der Waals surface area (Å²) in [5.74, 6) is 1.59. The van der Waals surface area contributed by atoms with Gasteiger partial charge in [0.25, 0.3) is 0 Å². The fraction of sp³-hybridized carbons (Fsp3) is 0.467. The third kappa shape index (κ3) is 7.62. The first-order valence-electron chi connectivity index (χ1n) is 21.0. The minimum absolute atomic E-state index is 0.0198. The predicted octanol–water partition coefficient (Wildman–Crippen LogP) is 6.91. The number of fused-ring (bicyclic) bond motifs is 6. The second kappa shape index (κ2) is 16.7. The number of carbonyl (C=O) groups excluding carboxylic acids is 4. The predicted molar refractivity (Wildman–Crippen MR) is 227 cm³/mol. The van der Waals surface area contributed by atoms with E-state index in [1.165, 1.54) is 21.3 Å². The van der Waals surface area contributed by atoms with Gasteiger partial charge >= 0.3 is 12.2 Å². The van der Waals surface area contributed by atoms with Crippen LogP contribution in [0.15, 0.2) is 48.7 Å². The van der Waals surface area contributed by atoms with Gasteiger partial charge in [0.15, 0.2) is 0 Å². The molecule has 0 bridgehead atoms. The largest absolute Gasteiger partial charge is 0.488 e. The highest BCUT2D eigenvalue weighted by Gasteiger charge is 2.43. The van der Waals surface area contributed by atoms with Crippen LogP contribution in [0.3, 0.4) is 0 Å². The maximum atomic E-state index is 14.0. The molecule has 2 saturated heterocycles. The average molecular weight is 835 g/mol. The van der Waals surface area contributed by atoms with Gasteiger partial charge in [-0.3, -0.25) is 9.59 Å². The molecule has 3 aromatic carbocycles. The number of benzene rings is 3. The van der Waals surface area contributed by atoms with E-state index in [2.05, 4.69) is 50.9 Å². The third-order valence-electron chi connectivity index (χ3n) is 12.7. The molecule has 7 atom stereocenters. The number of aromatic nitrogens is 4. The van der Waals surface area contributed by atoms with Gasteiger partial charge in [-0.1, -0.05) is 32.0 Å². The van der Waals surface area contributed by atoms with Crippen LogP contribution in [-0.4, -0.2) is 105 Å². The number of hydrogen-bond acceptors (Lipinski definition) is 10. The highest BCUT2D eigenvalue weighted by atomic mass is 16.5. The molecule has 4 N–H and O–H groups in total. The maximum absolute atomic E-state index is 14.0. The summed E-state index contributed by atoms with van der Waals surface area (Å²) in [5.41, 5.74) is 6.50. The van der Waals surface area contributed by atoms with E-state index >= 15 is 0 Å². The van der Waals surface area contributed by atoms with Crippen LogP contribution in [-0.2, 0) is 30.4 Å². The van der Waals surface area contributed by atoms with Crippen LogP contribution >= 0.6 is 0 Å². The van der Waals surface area contributed by atoms with Gasteiger partial charge in [-0.15, -0.1) is 0 Å². The van der Waals surface area contributed by atoms with Gasteiger partial charge in [-0.25, -0.2) is 19.6 Å². The molecule has 8 rings (SSSR count). The molecule has 61 heavy (non-hydrogen) atoms. The monoisotopic (exact) mass is 834 g/mol. The van der Waals surface area contributed by atoms with Crippen LogP contribution in [0, 0.1) is 5.92 Å². The number of aromatic amines is 2. The van der Waals surface area contributed by atoms with Gasteiger partial charge in [0.05, 0.1) is 55.3 Å². The molecule has 16 heteroatoms. The highest BCUT2D eigenvalue weighted by molar-refractivity contribution is 6.07. The van der Waals surface area contributed by atoms with E-state index in [1.807, 2.05) is 50.9 Å². The first kappa shape index (κ1) is 41.6. The number of amides is 4. The van der Waals surface area contributed by atoms with Gasteiger partial charge in [-0.05, 0) is 98.7 Å². The lowest BCUT2D eigenvalue weighted by Gasteiger charge is -2.33. The number of rotatable bonds is 10. The number of methoxy groups -OCH3 is 3. The molecule has 16 nitrogen and oxygen atoms in total. The number of H-pyrrole nitrogens is 2. The number of nitrogens with one attached hydrogen (secondary N) is 4. The second-order valence-corrected chi connectivity index (χ2v) is 16.8. The van der Waals surface area contributed by atoms with E-state index in [1.54, 1.807) is 11.8 Å². The first-order chi connectivity index (χ1) is 29.3. The van der Waals surface area contributed by atoms with Crippen molar-refractivity contribution < 1.29 is 38.1 Å². The Labute approximate surface area is 354 Å². The lowest BCUT2D eigenvalue weighted by Crippen LogP contribution is -2.55. The molecule has 4 amide bonds. The van der Waals surface area contributed by atoms with Gasteiger partial charge in [0, 0.05) is 30.1 Å². The summed E-state index contributed by atoms with van der Waals surface area (Å²) in [6, 6.07) is 12.2. The van der Waals surface area contributed by atoms with Crippen LogP contribution in [0.1, 0.15) is 89.6 Å². The van der Waals surface area contributed by atoms with E-state index in [0.29, 0.717) is 24.7 Å². The van der Waals surface area contributed by atoms with Crippen molar-refractivity contribution in [2.24, 2.45) is 5.92 Å². The van der Waals surface area contributed by atoms with E-state index in [-0.39, 0.29) is 41.9 Å². The Morgan fingerprint density at radius 3 is 2.10 bits per heavy atom. The smallest absolute Gasteiger partial charge is 0.407 e. The van der Waals surface area contributed by atoms with Gasteiger partial charge in [0.1, 0.15) is 36.1 Å². The summed E-state index contributed by atoms with van der Waals surface area (Å²) in [4.78, 5) is 72.7. The van der Waals surface area contributed by atoms with Crippen molar-refractivity contribution in [2.45, 2.75) is 109 Å². The van der Waals surface area contributed by atoms with Crippen molar-refractivity contribution in [3.8, 4) is 28.1 Å². The Balaban J connectivity index is 1.05. The summed E-state index contributed by atoms with van der Waals surface area (Å²) in [6.45, 7) is 9.95. The molecule has 0 saturated carbocycles. The van der Waals surface area contributed by atoms with Crippen molar-refractivity contribution in [3.05, 3.63) is 65.9 Å². The van der Waals surface area contributed by atoms with Crippen LogP contribution in [0.25, 0.3) is 44.2 Å². The standard InChI is InChI=1S/C45H54N8O8/c1-22(2)37(50-44(56)59-7)42(54)52-23(3)9-15-34(52)40-46-20-33(48-40)27-11-13-29-28(17-27)21-61-36-19-30-26(18-31(29)36)12-14-32-39(30)49-41(47-32)35-16-10-24(4)53(35)43(55)38(25(5)58-6)51-45(57)60-8/h11-14,17-20,22-25,34-35,37-38H,9-10,15-16,21H2,1-8H3,(H,46,48)(H,47,49)(H,50,56)(H,51,57)/t23-,24-,25+,34?,35?,37-,38-/m0/s1. The molecule has 0 radical (unpaired) electrons. The minimum atomic E-state index is -0.934. The molecular formula is C45H54N8O8. The quantitative estimate of drug-likeness (QED) is 0.115. The lowest BCUT2D eigenvalue weighted by atomic mass is 9.92. The molecule has 5 heterocycles. The van der Waals surface area contributed by atoms with E-state index in [9.17, 15) is 19.2 Å². The summed E-state index contributed by atoms with van der Waals surface area (Å²) in [6.07, 6.45) is 2.94. The number of hydrogen-bond donors (Lipinski definition) is 4. The molecule has 0 spiro atoms. The molecule has 2 fully saturated rings. The molecule has 322 valence electrons. The Morgan fingerprint density at radius 1 is 0.787 bits per heavy atom. The zero-order chi connectivity index (χ0) is 43.3. The van der Waals surface area contributed by atoms with Crippen LogP contribution in [0.5, 0.6) is 5.75 Å². The Kier molecular flexibility index (Phi) is 11.4. The summed E-state index contributed by atoms with van der Waals surface area (Å²) in [5, 5.41) is 7.32. The maximum Gasteiger partial charge on any atom is 0.407 e. The fourth-order valence-corrected chi connectivity index (χ4v) is 9.25.